The van der Waals surface area contributed by atoms with E-state index in [9.17, 15) is 14.4 Å². The second-order valence-electron chi connectivity index (χ2n) is 21.6. The van der Waals surface area contributed by atoms with Crippen molar-refractivity contribution in [2.45, 2.75) is 284 Å². The molecule has 0 aromatic heterocycles. The van der Waals surface area contributed by atoms with Crippen molar-refractivity contribution in [1.82, 2.24) is 0 Å². The van der Waals surface area contributed by atoms with Crippen LogP contribution in [0.1, 0.15) is 278 Å². The Balaban J connectivity index is 4.53. The summed E-state index contributed by atoms with van der Waals surface area (Å²) in [7, 11) is 0. The minimum Gasteiger partial charge on any atom is -0.462 e. The van der Waals surface area contributed by atoms with Gasteiger partial charge in [0.1, 0.15) is 13.2 Å². The Morgan fingerprint density at radius 3 is 0.771 bits per heavy atom. The molecule has 0 fully saturated rings. The smallest absolute Gasteiger partial charge is 0.306 e. The van der Waals surface area contributed by atoms with Crippen LogP contribution in [0, 0.1) is 0 Å². The summed E-state index contributed by atoms with van der Waals surface area (Å²) in [6, 6.07) is 0. The molecule has 83 heavy (non-hydrogen) atoms. The number of esters is 3. The van der Waals surface area contributed by atoms with Crippen LogP contribution in [0.15, 0.2) is 170 Å². The van der Waals surface area contributed by atoms with Crippen molar-refractivity contribution in [2.75, 3.05) is 13.2 Å². The van der Waals surface area contributed by atoms with E-state index < -0.39 is 6.10 Å². The van der Waals surface area contributed by atoms with Crippen LogP contribution in [0.2, 0.25) is 0 Å². The number of ether oxygens (including phenoxy) is 3. The van der Waals surface area contributed by atoms with Crippen LogP contribution in [0.3, 0.4) is 0 Å². The first-order chi connectivity index (χ1) is 41.0. The van der Waals surface area contributed by atoms with Crippen LogP contribution in [0.4, 0.5) is 0 Å². The molecule has 0 aliphatic carbocycles. The molecule has 0 N–H and O–H groups in total. The van der Waals surface area contributed by atoms with Gasteiger partial charge in [-0.2, -0.15) is 0 Å². The lowest BCUT2D eigenvalue weighted by molar-refractivity contribution is -0.167. The Morgan fingerprint density at radius 2 is 0.470 bits per heavy atom. The molecule has 0 amide bonds. The summed E-state index contributed by atoms with van der Waals surface area (Å²) in [5.41, 5.74) is 0. The second kappa shape index (κ2) is 69.3. The number of carbonyl (C=O) groups excluding carboxylic acids is 3. The lowest BCUT2D eigenvalue weighted by atomic mass is 10.1. The molecule has 0 aliphatic heterocycles. The number of hydrogen-bond acceptors (Lipinski definition) is 6. The molecule has 0 heterocycles. The Labute approximate surface area is 511 Å². The predicted octanol–water partition coefficient (Wildman–Crippen LogP) is 23.4. The van der Waals surface area contributed by atoms with Gasteiger partial charge in [0.05, 0.1) is 0 Å². The van der Waals surface area contributed by atoms with E-state index in [4.69, 9.17) is 14.2 Å². The fourth-order valence-corrected chi connectivity index (χ4v) is 8.71. The van der Waals surface area contributed by atoms with Gasteiger partial charge in [-0.05, 0) is 154 Å². The van der Waals surface area contributed by atoms with Crippen molar-refractivity contribution < 1.29 is 28.6 Å². The average molecular weight is 1140 g/mol. The fourth-order valence-electron chi connectivity index (χ4n) is 8.71. The van der Waals surface area contributed by atoms with Gasteiger partial charge in [0, 0.05) is 19.3 Å². The lowest BCUT2D eigenvalue weighted by Gasteiger charge is -2.18. The first-order valence-corrected chi connectivity index (χ1v) is 33.6. The highest BCUT2D eigenvalue weighted by Gasteiger charge is 2.19. The molecule has 1 unspecified atom stereocenters. The summed E-state index contributed by atoms with van der Waals surface area (Å²) in [4.78, 5) is 38.4. The third-order valence-electron chi connectivity index (χ3n) is 13.7. The summed E-state index contributed by atoms with van der Waals surface area (Å²) in [6.45, 7) is 6.36. The molecule has 466 valence electrons. The Morgan fingerprint density at radius 1 is 0.253 bits per heavy atom. The van der Waals surface area contributed by atoms with E-state index in [1.165, 1.54) is 77.0 Å². The van der Waals surface area contributed by atoms with E-state index >= 15 is 0 Å². The van der Waals surface area contributed by atoms with Gasteiger partial charge >= 0.3 is 17.9 Å². The molecule has 0 saturated carbocycles. The highest BCUT2D eigenvalue weighted by Crippen LogP contribution is 2.14. The van der Waals surface area contributed by atoms with Crippen LogP contribution in [0.25, 0.3) is 0 Å². The summed E-state index contributed by atoms with van der Waals surface area (Å²) in [6.07, 6.45) is 102. The molecule has 0 aliphatic rings. The molecule has 0 bridgehead atoms. The summed E-state index contributed by atoms with van der Waals surface area (Å²) >= 11 is 0. The summed E-state index contributed by atoms with van der Waals surface area (Å²) in [5, 5.41) is 0. The molecule has 0 aromatic rings. The minimum atomic E-state index is -0.823. The molecule has 0 spiro atoms. The van der Waals surface area contributed by atoms with E-state index in [0.717, 1.165) is 154 Å². The Bertz CT molecular complexity index is 1890. The standard InChI is InChI=1S/C77H122O6/c1-4-7-10-13-16-19-22-25-28-31-33-35-36-37-38-39-40-42-43-46-49-52-55-58-61-64-67-70-76(79)82-73-74(72-81-75(78)69-66-63-60-57-54-51-48-45-30-27-24-21-18-15-12-9-6-3)83-77(80)71-68-65-62-59-56-53-50-47-44-41-34-32-29-26-23-20-17-14-11-8-5-2/h7-8,10-11,16-17,19-20,25-30,33-35,37-38,40-42,46-47,49-50,56,59,74H,4-6,9,12-15,18,21-24,31-32,36,39,43-45,48,51-55,57-58,60-73H2,1-3H3/b10-7-,11-8-,19-16-,20-17-,28-25-,29-26-,30-27-,35-33-,38-37-,41-34-,42-40-,49-46-,50-47-,59-56-. The van der Waals surface area contributed by atoms with E-state index in [-0.39, 0.29) is 37.5 Å². The molecule has 1 atom stereocenters. The first-order valence-electron chi connectivity index (χ1n) is 33.6. The number of unbranched alkanes of at least 4 members (excludes halogenated alkanes) is 20. The number of rotatable bonds is 59. The molecule has 6 nitrogen and oxygen atoms in total. The zero-order chi connectivity index (χ0) is 59.9. The average Bonchev–Trinajstić information content (AvgIpc) is 3.49. The third-order valence-corrected chi connectivity index (χ3v) is 13.7. The Hall–Kier alpha value is -5.23. The van der Waals surface area contributed by atoms with Crippen LogP contribution < -0.4 is 0 Å². The molecule has 6 heteroatoms. The van der Waals surface area contributed by atoms with Gasteiger partial charge in [0.25, 0.3) is 0 Å². The van der Waals surface area contributed by atoms with Crippen molar-refractivity contribution in [2.24, 2.45) is 0 Å². The fraction of sp³-hybridized carbons (Fsp3) is 0.597. The highest BCUT2D eigenvalue weighted by molar-refractivity contribution is 5.71. The van der Waals surface area contributed by atoms with E-state index in [0.29, 0.717) is 19.3 Å². The van der Waals surface area contributed by atoms with Gasteiger partial charge in [-0.3, -0.25) is 14.4 Å². The molecule has 0 saturated heterocycles. The van der Waals surface area contributed by atoms with E-state index in [1.54, 1.807) is 0 Å². The zero-order valence-electron chi connectivity index (χ0n) is 53.4. The summed E-state index contributed by atoms with van der Waals surface area (Å²) in [5.74, 6) is -0.981. The quantitative estimate of drug-likeness (QED) is 0.0261. The SMILES string of the molecule is CC/C=C\C/C=C\C/C=C\C/C=C\C/C=C\C/C=C\C/C=C\CCCCCCCC(=O)OCC(COC(=O)CCCCCCCCC/C=C\CCCCCCCC)OC(=O)CCCC/C=C\C/C=C\C/C=C\C/C=C\C/C=C\C/C=C\CC. The van der Waals surface area contributed by atoms with Crippen molar-refractivity contribution in [1.29, 1.82) is 0 Å². The largest absolute Gasteiger partial charge is 0.462 e. The van der Waals surface area contributed by atoms with Crippen LogP contribution >= 0.6 is 0 Å². The normalized spacial score (nSPS) is 13.2. The maximum Gasteiger partial charge on any atom is 0.306 e. The van der Waals surface area contributed by atoms with Gasteiger partial charge < -0.3 is 14.2 Å². The maximum atomic E-state index is 12.9. The molecule has 0 radical (unpaired) electrons. The maximum absolute atomic E-state index is 12.9. The highest BCUT2D eigenvalue weighted by atomic mass is 16.6. The van der Waals surface area contributed by atoms with Gasteiger partial charge in [-0.25, -0.2) is 0 Å². The molecular weight excluding hydrogens is 1020 g/mol. The summed E-state index contributed by atoms with van der Waals surface area (Å²) < 4.78 is 16.9. The van der Waals surface area contributed by atoms with E-state index in [1.807, 2.05) is 0 Å². The first kappa shape index (κ1) is 77.8. The monoisotopic (exact) mass is 1140 g/mol. The van der Waals surface area contributed by atoms with Gasteiger partial charge in [0.15, 0.2) is 6.10 Å². The number of allylic oxidation sites excluding steroid dienone is 28. The van der Waals surface area contributed by atoms with Crippen LogP contribution in [0.5, 0.6) is 0 Å². The van der Waals surface area contributed by atoms with Crippen molar-refractivity contribution in [3.8, 4) is 0 Å². The molecule has 0 aromatic carbocycles. The van der Waals surface area contributed by atoms with Crippen LogP contribution in [-0.2, 0) is 28.6 Å². The number of hydrogen-bond donors (Lipinski definition) is 0. The predicted molar refractivity (Wildman–Crippen MR) is 361 cm³/mol. The van der Waals surface area contributed by atoms with Crippen molar-refractivity contribution >= 4 is 17.9 Å². The van der Waals surface area contributed by atoms with Gasteiger partial charge in [-0.15, -0.1) is 0 Å². The Kier molecular flexibility index (Phi) is 64.9. The van der Waals surface area contributed by atoms with Crippen molar-refractivity contribution in [3.63, 3.8) is 0 Å². The zero-order valence-corrected chi connectivity index (χ0v) is 53.4. The lowest BCUT2D eigenvalue weighted by Crippen LogP contribution is -2.30. The molecular formula is C77H122O6. The second-order valence-corrected chi connectivity index (χ2v) is 21.6. The number of carbonyl (C=O) groups is 3. The van der Waals surface area contributed by atoms with Crippen LogP contribution in [-0.4, -0.2) is 37.2 Å². The minimum absolute atomic E-state index is 0.111. The molecule has 0 rings (SSSR count). The third kappa shape index (κ3) is 67.4. The van der Waals surface area contributed by atoms with Gasteiger partial charge in [0.2, 0.25) is 0 Å². The van der Waals surface area contributed by atoms with Crippen molar-refractivity contribution in [3.05, 3.63) is 170 Å². The topological polar surface area (TPSA) is 78.9 Å². The van der Waals surface area contributed by atoms with E-state index in [2.05, 4.69) is 191 Å². The van der Waals surface area contributed by atoms with Gasteiger partial charge in [-0.1, -0.05) is 274 Å².